The van der Waals surface area contributed by atoms with Gasteiger partial charge in [-0.05, 0) is 23.3 Å². The molecule has 19 heavy (non-hydrogen) atoms. The molecule has 1 amide bonds. The SMILES string of the molecule is COCC(NC(=O)c1ccc2c(c1)CNC2)C(=O)O. The first kappa shape index (κ1) is 13.5. The second-order valence-corrected chi connectivity index (χ2v) is 4.41. The Morgan fingerprint density at radius 3 is 2.84 bits per heavy atom. The minimum atomic E-state index is -1.11. The molecule has 0 saturated carbocycles. The van der Waals surface area contributed by atoms with Crippen molar-refractivity contribution < 1.29 is 19.4 Å². The first-order chi connectivity index (χ1) is 9.11. The van der Waals surface area contributed by atoms with Gasteiger partial charge in [-0.25, -0.2) is 4.79 Å². The maximum Gasteiger partial charge on any atom is 0.328 e. The molecule has 1 unspecified atom stereocenters. The predicted octanol–water partition coefficient (Wildman–Crippen LogP) is 0.119. The minimum Gasteiger partial charge on any atom is -0.480 e. The van der Waals surface area contributed by atoms with Crippen LogP contribution in [0.1, 0.15) is 21.5 Å². The van der Waals surface area contributed by atoms with E-state index in [1.807, 2.05) is 6.07 Å². The Morgan fingerprint density at radius 1 is 1.42 bits per heavy atom. The number of benzene rings is 1. The average molecular weight is 264 g/mol. The van der Waals surface area contributed by atoms with E-state index < -0.39 is 17.9 Å². The quantitative estimate of drug-likeness (QED) is 0.703. The molecule has 1 aromatic carbocycles. The molecular weight excluding hydrogens is 248 g/mol. The molecule has 1 aliphatic rings. The molecule has 2 rings (SSSR count). The summed E-state index contributed by atoms with van der Waals surface area (Å²) in [4.78, 5) is 22.9. The van der Waals surface area contributed by atoms with Gasteiger partial charge in [0.25, 0.3) is 5.91 Å². The van der Waals surface area contributed by atoms with Crippen LogP contribution < -0.4 is 10.6 Å². The molecule has 6 nitrogen and oxygen atoms in total. The zero-order chi connectivity index (χ0) is 13.8. The number of ether oxygens (including phenoxy) is 1. The van der Waals surface area contributed by atoms with Gasteiger partial charge >= 0.3 is 5.97 Å². The molecule has 0 saturated heterocycles. The number of carbonyl (C=O) groups excluding carboxylic acids is 1. The van der Waals surface area contributed by atoms with E-state index in [9.17, 15) is 9.59 Å². The number of amides is 1. The van der Waals surface area contributed by atoms with Crippen molar-refractivity contribution in [3.8, 4) is 0 Å². The zero-order valence-corrected chi connectivity index (χ0v) is 10.6. The van der Waals surface area contributed by atoms with Crippen LogP contribution in [0.3, 0.4) is 0 Å². The summed E-state index contributed by atoms with van der Waals surface area (Å²) in [6.07, 6.45) is 0. The van der Waals surface area contributed by atoms with Crippen molar-refractivity contribution in [1.82, 2.24) is 10.6 Å². The van der Waals surface area contributed by atoms with Crippen molar-refractivity contribution in [3.05, 3.63) is 34.9 Å². The first-order valence-electron chi connectivity index (χ1n) is 5.97. The predicted molar refractivity (Wildman–Crippen MR) is 67.8 cm³/mol. The molecule has 3 N–H and O–H groups in total. The van der Waals surface area contributed by atoms with E-state index in [1.54, 1.807) is 12.1 Å². The van der Waals surface area contributed by atoms with Gasteiger partial charge in [-0.1, -0.05) is 6.07 Å². The Balaban J connectivity index is 2.09. The number of aliphatic carboxylic acids is 1. The van der Waals surface area contributed by atoms with Crippen molar-refractivity contribution in [1.29, 1.82) is 0 Å². The van der Waals surface area contributed by atoms with Crippen LogP contribution in [-0.2, 0) is 22.6 Å². The number of carboxylic acids is 1. The largest absolute Gasteiger partial charge is 0.480 e. The molecule has 0 bridgehead atoms. The number of methoxy groups -OCH3 is 1. The van der Waals surface area contributed by atoms with Crippen molar-refractivity contribution in [3.63, 3.8) is 0 Å². The molecule has 0 spiro atoms. The van der Waals surface area contributed by atoms with E-state index >= 15 is 0 Å². The molecule has 1 heterocycles. The Bertz CT molecular complexity index is 501. The van der Waals surface area contributed by atoms with E-state index in [4.69, 9.17) is 9.84 Å². The number of fused-ring (bicyclic) bond motifs is 1. The van der Waals surface area contributed by atoms with Gasteiger partial charge in [-0.3, -0.25) is 4.79 Å². The van der Waals surface area contributed by atoms with Gasteiger partial charge in [0, 0.05) is 25.8 Å². The van der Waals surface area contributed by atoms with Crippen LogP contribution in [-0.4, -0.2) is 36.7 Å². The average Bonchev–Trinajstić information content (AvgIpc) is 2.85. The number of carbonyl (C=O) groups is 2. The topological polar surface area (TPSA) is 87.7 Å². The Morgan fingerprint density at radius 2 is 2.16 bits per heavy atom. The maximum atomic E-state index is 12.0. The molecule has 6 heteroatoms. The minimum absolute atomic E-state index is 0.0619. The number of carboxylic acid groups (broad SMARTS) is 1. The number of rotatable bonds is 5. The van der Waals surface area contributed by atoms with E-state index in [1.165, 1.54) is 12.7 Å². The summed E-state index contributed by atoms with van der Waals surface area (Å²) in [5, 5.41) is 14.6. The third-order valence-corrected chi connectivity index (χ3v) is 3.04. The lowest BCUT2D eigenvalue weighted by Crippen LogP contribution is -2.43. The van der Waals surface area contributed by atoms with Gasteiger partial charge < -0.3 is 20.5 Å². The number of nitrogens with one attached hydrogen (secondary N) is 2. The highest BCUT2D eigenvalue weighted by Gasteiger charge is 2.21. The molecule has 0 aliphatic carbocycles. The molecular formula is C13H16N2O4. The van der Waals surface area contributed by atoms with Crippen molar-refractivity contribution in [2.45, 2.75) is 19.1 Å². The van der Waals surface area contributed by atoms with Gasteiger partial charge in [-0.2, -0.15) is 0 Å². The van der Waals surface area contributed by atoms with Crippen LogP contribution >= 0.6 is 0 Å². The standard InChI is InChI=1S/C13H16N2O4/c1-19-7-11(13(17)18)15-12(16)8-2-3-9-5-14-6-10(9)4-8/h2-4,11,14H,5-7H2,1H3,(H,15,16)(H,17,18). The van der Waals surface area contributed by atoms with Crippen molar-refractivity contribution >= 4 is 11.9 Å². The van der Waals surface area contributed by atoms with Crippen molar-refractivity contribution in [2.24, 2.45) is 0 Å². The van der Waals surface area contributed by atoms with Gasteiger partial charge in [0.2, 0.25) is 0 Å². The van der Waals surface area contributed by atoms with Crippen LogP contribution in [0.15, 0.2) is 18.2 Å². The highest BCUT2D eigenvalue weighted by molar-refractivity contribution is 5.96. The first-order valence-corrected chi connectivity index (χ1v) is 5.97. The maximum absolute atomic E-state index is 12.0. The molecule has 1 atom stereocenters. The third-order valence-electron chi connectivity index (χ3n) is 3.04. The number of hydrogen-bond acceptors (Lipinski definition) is 4. The number of hydrogen-bond donors (Lipinski definition) is 3. The summed E-state index contributed by atoms with van der Waals surface area (Å²) >= 11 is 0. The Kier molecular flexibility index (Phi) is 4.13. The van der Waals surface area contributed by atoms with E-state index in [0.29, 0.717) is 5.56 Å². The summed E-state index contributed by atoms with van der Waals surface area (Å²) in [5.74, 6) is -1.52. The van der Waals surface area contributed by atoms with Crippen molar-refractivity contribution in [2.75, 3.05) is 13.7 Å². The van der Waals surface area contributed by atoms with Gasteiger partial charge in [0.1, 0.15) is 0 Å². The lowest BCUT2D eigenvalue weighted by Gasteiger charge is -2.13. The van der Waals surface area contributed by atoms with Crippen LogP contribution in [0.2, 0.25) is 0 Å². The molecule has 102 valence electrons. The van der Waals surface area contributed by atoms with Crippen LogP contribution in [0, 0.1) is 0 Å². The van der Waals surface area contributed by atoms with Gasteiger partial charge in [-0.15, -0.1) is 0 Å². The smallest absolute Gasteiger partial charge is 0.328 e. The van der Waals surface area contributed by atoms with Crippen LogP contribution in [0.4, 0.5) is 0 Å². The summed E-state index contributed by atoms with van der Waals surface area (Å²) in [5.41, 5.74) is 2.71. The molecule has 0 fully saturated rings. The van der Waals surface area contributed by atoms with Crippen LogP contribution in [0.25, 0.3) is 0 Å². The fourth-order valence-electron chi connectivity index (χ4n) is 2.02. The Hall–Kier alpha value is -1.92. The van der Waals surface area contributed by atoms with E-state index in [0.717, 1.165) is 18.7 Å². The Labute approximate surface area is 110 Å². The third kappa shape index (κ3) is 3.10. The second kappa shape index (κ2) is 5.81. The normalized spacial score (nSPS) is 14.8. The highest BCUT2D eigenvalue weighted by Crippen LogP contribution is 2.17. The van der Waals surface area contributed by atoms with Crippen LogP contribution in [0.5, 0.6) is 0 Å². The fourth-order valence-corrected chi connectivity index (χ4v) is 2.02. The molecule has 0 aromatic heterocycles. The summed E-state index contributed by atoms with van der Waals surface area (Å²) < 4.78 is 4.77. The van der Waals surface area contributed by atoms with Gasteiger partial charge in [0.05, 0.1) is 6.61 Å². The highest BCUT2D eigenvalue weighted by atomic mass is 16.5. The summed E-state index contributed by atoms with van der Waals surface area (Å²) in [7, 11) is 1.39. The summed E-state index contributed by atoms with van der Waals surface area (Å²) in [6.45, 7) is 1.48. The lowest BCUT2D eigenvalue weighted by molar-refractivity contribution is -0.140. The second-order valence-electron chi connectivity index (χ2n) is 4.41. The zero-order valence-electron chi connectivity index (χ0n) is 10.6. The lowest BCUT2D eigenvalue weighted by atomic mass is 10.1. The molecule has 0 radical (unpaired) electrons. The monoisotopic (exact) mass is 264 g/mol. The fraction of sp³-hybridized carbons (Fsp3) is 0.385. The molecule has 1 aromatic rings. The van der Waals surface area contributed by atoms with Gasteiger partial charge in [0.15, 0.2) is 6.04 Å². The van der Waals surface area contributed by atoms with E-state index in [2.05, 4.69) is 10.6 Å². The molecule has 1 aliphatic heterocycles. The van der Waals surface area contributed by atoms with E-state index in [-0.39, 0.29) is 6.61 Å². The summed E-state index contributed by atoms with van der Waals surface area (Å²) in [6, 6.07) is 4.34.